The average Bonchev–Trinajstić information content (AvgIpc) is 2.98. The van der Waals surface area contributed by atoms with Gasteiger partial charge in [-0.1, -0.05) is 93.8 Å². The second kappa shape index (κ2) is 14.9. The zero-order valence-corrected chi connectivity index (χ0v) is 27.9. The number of carbonyl (C=O) groups is 2. The number of hydrogen-bond donors (Lipinski definition) is 1. The van der Waals surface area contributed by atoms with Crippen LogP contribution in [0, 0.1) is 6.92 Å². The summed E-state index contributed by atoms with van der Waals surface area (Å²) in [7, 11) is -4.18. The summed E-state index contributed by atoms with van der Waals surface area (Å²) in [5.41, 5.74) is 2.77. The highest BCUT2D eigenvalue weighted by Crippen LogP contribution is 2.28. The second-order valence-corrected chi connectivity index (χ2v) is 14.0. The highest BCUT2D eigenvalue weighted by molar-refractivity contribution is 9.10. The number of halogens is 2. The SMILES string of the molecule is Cc1ccc(S(=O)(=O)N(CC(=O)N(Cc2cccc(Cl)c2)C(Cc2ccccc2)C(=O)NC(C)C)c2cccc(Br)c2)cc1. The lowest BCUT2D eigenvalue weighted by Crippen LogP contribution is -2.54. The van der Waals surface area contributed by atoms with Crippen molar-refractivity contribution in [1.82, 2.24) is 10.2 Å². The predicted octanol–water partition coefficient (Wildman–Crippen LogP) is 6.77. The Labute approximate surface area is 273 Å². The zero-order chi connectivity index (χ0) is 31.9. The second-order valence-electron chi connectivity index (χ2n) is 10.8. The molecule has 230 valence electrons. The molecular weight excluding hydrogens is 662 g/mol. The molecule has 0 spiro atoms. The van der Waals surface area contributed by atoms with Crippen LogP contribution in [0.4, 0.5) is 5.69 Å². The summed E-state index contributed by atoms with van der Waals surface area (Å²) < 4.78 is 29.9. The molecule has 0 heterocycles. The topological polar surface area (TPSA) is 86.8 Å². The minimum Gasteiger partial charge on any atom is -0.352 e. The Balaban J connectivity index is 1.81. The number of sulfonamides is 1. The molecule has 0 aliphatic heterocycles. The van der Waals surface area contributed by atoms with E-state index in [-0.39, 0.29) is 29.8 Å². The molecule has 44 heavy (non-hydrogen) atoms. The van der Waals surface area contributed by atoms with Crippen molar-refractivity contribution in [3.63, 3.8) is 0 Å². The third-order valence-electron chi connectivity index (χ3n) is 6.93. The van der Waals surface area contributed by atoms with Crippen molar-refractivity contribution in [3.05, 3.63) is 129 Å². The zero-order valence-electron chi connectivity index (χ0n) is 24.8. The number of hydrogen-bond acceptors (Lipinski definition) is 4. The van der Waals surface area contributed by atoms with Crippen molar-refractivity contribution >= 4 is 55.1 Å². The summed E-state index contributed by atoms with van der Waals surface area (Å²) in [5.74, 6) is -0.880. The van der Waals surface area contributed by atoms with E-state index < -0.39 is 28.5 Å². The van der Waals surface area contributed by atoms with Crippen molar-refractivity contribution in [2.24, 2.45) is 0 Å². The number of carbonyl (C=O) groups excluding carboxylic acids is 2. The molecular formula is C34H35BrClN3O4S. The van der Waals surface area contributed by atoms with Crippen LogP contribution in [0.25, 0.3) is 0 Å². The Bertz CT molecular complexity index is 1700. The summed E-state index contributed by atoms with van der Waals surface area (Å²) in [4.78, 5) is 29.7. The van der Waals surface area contributed by atoms with Crippen LogP contribution in [0.15, 0.2) is 112 Å². The molecule has 0 radical (unpaired) electrons. The van der Waals surface area contributed by atoms with Crippen molar-refractivity contribution in [1.29, 1.82) is 0 Å². The van der Waals surface area contributed by atoms with E-state index in [1.807, 2.05) is 57.2 Å². The van der Waals surface area contributed by atoms with Gasteiger partial charge in [0.05, 0.1) is 10.6 Å². The summed E-state index contributed by atoms with van der Waals surface area (Å²) in [5, 5.41) is 3.44. The molecule has 4 rings (SSSR count). The van der Waals surface area contributed by atoms with E-state index in [0.717, 1.165) is 15.4 Å². The standard InChI is InChI=1S/C34H35BrClN3O4S/c1-24(2)37-34(41)32(20-26-9-5-4-6-10-26)38(22-27-11-7-13-29(36)19-27)33(40)23-39(30-14-8-12-28(35)21-30)44(42,43)31-17-15-25(3)16-18-31/h4-19,21,24,32H,20,22-23H2,1-3H3,(H,37,41). The van der Waals surface area contributed by atoms with Crippen LogP contribution in [0.3, 0.4) is 0 Å². The van der Waals surface area contributed by atoms with E-state index in [9.17, 15) is 18.0 Å². The molecule has 1 atom stereocenters. The molecule has 7 nitrogen and oxygen atoms in total. The van der Waals surface area contributed by atoms with Gasteiger partial charge in [0, 0.05) is 28.5 Å². The fourth-order valence-electron chi connectivity index (χ4n) is 4.76. The molecule has 0 bridgehead atoms. The number of aryl methyl sites for hydroxylation is 1. The quantitative estimate of drug-likeness (QED) is 0.177. The maximum atomic E-state index is 14.5. The molecule has 4 aromatic carbocycles. The van der Waals surface area contributed by atoms with E-state index in [1.165, 1.54) is 17.0 Å². The molecule has 0 aliphatic rings. The van der Waals surface area contributed by atoms with E-state index in [2.05, 4.69) is 21.2 Å². The first kappa shape index (κ1) is 33.2. The van der Waals surface area contributed by atoms with Gasteiger partial charge in [0.25, 0.3) is 10.0 Å². The molecule has 0 aliphatic carbocycles. The van der Waals surface area contributed by atoms with Gasteiger partial charge in [-0.05, 0) is 74.4 Å². The molecule has 0 fully saturated rings. The first-order valence-electron chi connectivity index (χ1n) is 14.2. The lowest BCUT2D eigenvalue weighted by molar-refractivity contribution is -0.140. The highest BCUT2D eigenvalue weighted by atomic mass is 79.9. The fraction of sp³-hybridized carbons (Fsp3) is 0.235. The van der Waals surface area contributed by atoms with E-state index >= 15 is 0 Å². The molecule has 0 saturated heterocycles. The fourth-order valence-corrected chi connectivity index (χ4v) is 6.77. The van der Waals surface area contributed by atoms with Gasteiger partial charge in [0.15, 0.2) is 0 Å². The summed E-state index contributed by atoms with van der Waals surface area (Å²) in [6, 6.07) is 28.6. The van der Waals surface area contributed by atoms with Crippen LogP contribution >= 0.6 is 27.5 Å². The summed E-state index contributed by atoms with van der Waals surface area (Å²) >= 11 is 9.72. The first-order valence-corrected chi connectivity index (χ1v) is 16.8. The predicted molar refractivity (Wildman–Crippen MR) is 179 cm³/mol. The van der Waals surface area contributed by atoms with Crippen LogP contribution in [0.1, 0.15) is 30.5 Å². The number of nitrogens with one attached hydrogen (secondary N) is 1. The largest absolute Gasteiger partial charge is 0.352 e. The maximum Gasteiger partial charge on any atom is 0.264 e. The number of benzene rings is 4. The third kappa shape index (κ3) is 8.71. The Morgan fingerprint density at radius 2 is 1.52 bits per heavy atom. The Kier molecular flexibility index (Phi) is 11.2. The van der Waals surface area contributed by atoms with E-state index in [1.54, 1.807) is 54.6 Å². The normalized spacial score (nSPS) is 12.0. The smallest absolute Gasteiger partial charge is 0.264 e. The van der Waals surface area contributed by atoms with E-state index in [0.29, 0.717) is 20.7 Å². The van der Waals surface area contributed by atoms with Crippen LogP contribution in [0.2, 0.25) is 5.02 Å². The average molecular weight is 697 g/mol. The van der Waals surface area contributed by atoms with Gasteiger partial charge in [-0.15, -0.1) is 0 Å². The van der Waals surface area contributed by atoms with Gasteiger partial charge in [0.2, 0.25) is 11.8 Å². The van der Waals surface area contributed by atoms with E-state index in [4.69, 9.17) is 11.6 Å². The minimum atomic E-state index is -4.18. The molecule has 1 unspecified atom stereocenters. The Morgan fingerprint density at radius 1 is 0.864 bits per heavy atom. The van der Waals surface area contributed by atoms with Crippen LogP contribution < -0.4 is 9.62 Å². The van der Waals surface area contributed by atoms with Crippen molar-refractivity contribution < 1.29 is 18.0 Å². The Hall–Kier alpha value is -3.66. The van der Waals surface area contributed by atoms with Gasteiger partial charge in [-0.2, -0.15) is 0 Å². The minimum absolute atomic E-state index is 0.0410. The van der Waals surface area contributed by atoms with Crippen LogP contribution in [-0.4, -0.2) is 43.8 Å². The number of nitrogens with zero attached hydrogens (tertiary/aromatic N) is 2. The monoisotopic (exact) mass is 695 g/mol. The summed E-state index contributed by atoms with van der Waals surface area (Å²) in [6.07, 6.45) is 0.229. The van der Waals surface area contributed by atoms with Gasteiger partial charge in [-0.25, -0.2) is 8.42 Å². The summed E-state index contributed by atoms with van der Waals surface area (Å²) in [6.45, 7) is 5.08. The molecule has 10 heteroatoms. The molecule has 0 saturated carbocycles. The van der Waals surface area contributed by atoms with Crippen LogP contribution in [-0.2, 0) is 32.6 Å². The lowest BCUT2D eigenvalue weighted by atomic mass is 10.0. The highest BCUT2D eigenvalue weighted by Gasteiger charge is 2.35. The third-order valence-corrected chi connectivity index (χ3v) is 9.44. The van der Waals surface area contributed by atoms with Gasteiger partial charge >= 0.3 is 0 Å². The Morgan fingerprint density at radius 3 is 2.16 bits per heavy atom. The van der Waals surface area contributed by atoms with Crippen LogP contribution in [0.5, 0.6) is 0 Å². The number of rotatable bonds is 12. The molecule has 4 aromatic rings. The van der Waals surface area contributed by atoms with Crippen molar-refractivity contribution in [2.45, 2.75) is 50.7 Å². The molecule has 0 aromatic heterocycles. The maximum absolute atomic E-state index is 14.5. The lowest BCUT2D eigenvalue weighted by Gasteiger charge is -2.34. The molecule has 2 amide bonds. The number of amides is 2. The first-order chi connectivity index (χ1) is 20.9. The van der Waals surface area contributed by atoms with Gasteiger partial charge in [-0.3, -0.25) is 13.9 Å². The molecule has 1 N–H and O–H groups in total. The van der Waals surface area contributed by atoms with Gasteiger partial charge < -0.3 is 10.2 Å². The van der Waals surface area contributed by atoms with Crippen molar-refractivity contribution in [2.75, 3.05) is 10.8 Å². The van der Waals surface area contributed by atoms with Gasteiger partial charge in [0.1, 0.15) is 12.6 Å². The van der Waals surface area contributed by atoms with Crippen molar-refractivity contribution in [3.8, 4) is 0 Å². The number of anilines is 1.